The molecule has 0 amide bonds. The van der Waals surface area contributed by atoms with Gasteiger partial charge in [-0.2, -0.15) is 5.26 Å². The van der Waals surface area contributed by atoms with Gasteiger partial charge < -0.3 is 0 Å². The van der Waals surface area contributed by atoms with Crippen molar-refractivity contribution in [2.24, 2.45) is 5.92 Å². The first-order valence-electron chi connectivity index (χ1n) is 6.70. The maximum absolute atomic E-state index is 12.2. The molecule has 0 aromatic heterocycles. The lowest BCUT2D eigenvalue weighted by atomic mass is 9.91. The third kappa shape index (κ3) is 4.22. The van der Waals surface area contributed by atoms with E-state index in [9.17, 15) is 8.42 Å². The minimum Gasteiger partial charge on any atom is -0.282 e. The number of rotatable bonds is 4. The smallest absolute Gasteiger partial charge is 0.233 e. The average Bonchev–Trinajstić information content (AvgIpc) is 2.41. The monoisotopic (exact) mass is 356 g/mol. The van der Waals surface area contributed by atoms with Gasteiger partial charge in [0.2, 0.25) is 10.0 Å². The molecular weight excluding hydrogens is 340 g/mol. The molecule has 1 aliphatic carbocycles. The number of benzene rings is 1. The van der Waals surface area contributed by atoms with Crippen molar-refractivity contribution >= 4 is 31.6 Å². The summed E-state index contributed by atoms with van der Waals surface area (Å²) in [5, 5.41) is 8.79. The molecule has 0 aliphatic heterocycles. The highest BCUT2D eigenvalue weighted by atomic mass is 79.9. The van der Waals surface area contributed by atoms with Crippen LogP contribution in [0.15, 0.2) is 22.7 Å². The summed E-state index contributed by atoms with van der Waals surface area (Å²) in [6.07, 6.45) is 5.46. The van der Waals surface area contributed by atoms with Gasteiger partial charge in [-0.25, -0.2) is 8.42 Å². The first-order valence-corrected chi connectivity index (χ1v) is 9.15. The van der Waals surface area contributed by atoms with E-state index in [0.29, 0.717) is 15.7 Å². The number of anilines is 1. The minimum absolute atomic E-state index is 0.180. The van der Waals surface area contributed by atoms with E-state index >= 15 is 0 Å². The van der Waals surface area contributed by atoms with Crippen molar-refractivity contribution in [2.75, 3.05) is 10.5 Å². The molecule has 4 nitrogen and oxygen atoms in total. The number of sulfonamides is 1. The van der Waals surface area contributed by atoms with Gasteiger partial charge in [-0.1, -0.05) is 19.3 Å². The summed E-state index contributed by atoms with van der Waals surface area (Å²) in [5.74, 6) is 0.442. The fourth-order valence-electron chi connectivity index (χ4n) is 2.54. The Balaban J connectivity index is 2.06. The first kappa shape index (κ1) is 15.3. The van der Waals surface area contributed by atoms with Crippen LogP contribution in [0.1, 0.15) is 37.7 Å². The van der Waals surface area contributed by atoms with E-state index < -0.39 is 10.0 Å². The van der Waals surface area contributed by atoms with E-state index in [0.717, 1.165) is 25.7 Å². The minimum atomic E-state index is -3.34. The molecule has 6 heteroatoms. The second-order valence-electron chi connectivity index (χ2n) is 5.19. The molecule has 0 atom stereocenters. The zero-order valence-corrected chi connectivity index (χ0v) is 13.5. The molecular formula is C14H17BrN2O2S. The Morgan fingerprint density at radius 2 is 2.00 bits per heavy atom. The Bertz CT molecular complexity index is 617. The number of nitrogens with zero attached hydrogens (tertiary/aromatic N) is 1. The van der Waals surface area contributed by atoms with E-state index in [1.165, 1.54) is 6.42 Å². The predicted octanol–water partition coefficient (Wildman–Crippen LogP) is 3.64. The zero-order chi connectivity index (χ0) is 14.6. The summed E-state index contributed by atoms with van der Waals surface area (Å²) >= 11 is 3.29. The van der Waals surface area contributed by atoms with Crippen LogP contribution >= 0.6 is 15.9 Å². The SMILES string of the molecule is N#Cc1ccc(NS(=O)(=O)CC2CCCCC2)c(Br)c1. The van der Waals surface area contributed by atoms with Gasteiger partial charge in [0.25, 0.3) is 0 Å². The Hall–Kier alpha value is -1.06. The molecule has 0 saturated heterocycles. The molecule has 1 aromatic carbocycles. The van der Waals surface area contributed by atoms with Gasteiger partial charge in [0.1, 0.15) is 0 Å². The van der Waals surface area contributed by atoms with Crippen LogP contribution in [0.2, 0.25) is 0 Å². The molecule has 1 fully saturated rings. The normalized spacial score (nSPS) is 16.6. The maximum atomic E-state index is 12.2. The molecule has 1 saturated carbocycles. The number of halogens is 1. The summed E-state index contributed by atoms with van der Waals surface area (Å²) < 4.78 is 27.5. The average molecular weight is 357 g/mol. The van der Waals surface area contributed by atoms with Crippen LogP contribution in [-0.4, -0.2) is 14.2 Å². The Labute approximate surface area is 128 Å². The van der Waals surface area contributed by atoms with Crippen molar-refractivity contribution in [3.63, 3.8) is 0 Å². The quantitative estimate of drug-likeness (QED) is 0.894. The highest BCUT2D eigenvalue weighted by molar-refractivity contribution is 9.10. The molecule has 108 valence electrons. The number of hydrogen-bond acceptors (Lipinski definition) is 3. The molecule has 1 aliphatic rings. The van der Waals surface area contributed by atoms with Crippen molar-refractivity contribution in [1.82, 2.24) is 0 Å². The lowest BCUT2D eigenvalue weighted by Crippen LogP contribution is -2.24. The Morgan fingerprint density at radius 3 is 2.60 bits per heavy atom. The Morgan fingerprint density at radius 1 is 1.30 bits per heavy atom. The van der Waals surface area contributed by atoms with E-state index in [-0.39, 0.29) is 11.7 Å². The first-order chi connectivity index (χ1) is 9.50. The van der Waals surface area contributed by atoms with E-state index in [1.807, 2.05) is 6.07 Å². The lowest BCUT2D eigenvalue weighted by molar-refractivity contribution is 0.385. The van der Waals surface area contributed by atoms with Crippen molar-refractivity contribution in [3.05, 3.63) is 28.2 Å². The van der Waals surface area contributed by atoms with Crippen LogP contribution in [0, 0.1) is 17.2 Å². The Kier molecular flexibility index (Phi) is 5.06. The number of hydrogen-bond donors (Lipinski definition) is 1. The van der Waals surface area contributed by atoms with Crippen LogP contribution in [0.4, 0.5) is 5.69 Å². The molecule has 0 heterocycles. The highest BCUT2D eigenvalue weighted by Gasteiger charge is 2.21. The molecule has 1 aromatic rings. The summed E-state index contributed by atoms with van der Waals surface area (Å²) in [6, 6.07) is 6.84. The molecule has 0 bridgehead atoms. The fourth-order valence-corrected chi connectivity index (χ4v) is 4.70. The van der Waals surface area contributed by atoms with Gasteiger partial charge in [-0.05, 0) is 52.9 Å². The molecule has 1 N–H and O–H groups in total. The summed E-state index contributed by atoms with van der Waals surface area (Å²) in [7, 11) is -3.34. The van der Waals surface area contributed by atoms with Gasteiger partial charge >= 0.3 is 0 Å². The second-order valence-corrected chi connectivity index (χ2v) is 7.82. The van der Waals surface area contributed by atoms with E-state index in [4.69, 9.17) is 5.26 Å². The van der Waals surface area contributed by atoms with Crippen molar-refractivity contribution in [3.8, 4) is 6.07 Å². The molecule has 2 rings (SSSR count). The fraction of sp³-hybridized carbons (Fsp3) is 0.500. The third-order valence-corrected chi connectivity index (χ3v) is 5.64. The topological polar surface area (TPSA) is 70.0 Å². The van der Waals surface area contributed by atoms with Crippen molar-refractivity contribution < 1.29 is 8.42 Å². The van der Waals surface area contributed by atoms with Crippen LogP contribution in [-0.2, 0) is 10.0 Å². The van der Waals surface area contributed by atoms with E-state index in [1.54, 1.807) is 18.2 Å². The van der Waals surface area contributed by atoms with Crippen LogP contribution in [0.25, 0.3) is 0 Å². The summed E-state index contributed by atoms with van der Waals surface area (Å²) in [4.78, 5) is 0. The van der Waals surface area contributed by atoms with Crippen molar-refractivity contribution in [1.29, 1.82) is 5.26 Å². The van der Waals surface area contributed by atoms with Crippen LogP contribution in [0.3, 0.4) is 0 Å². The molecule has 0 spiro atoms. The zero-order valence-electron chi connectivity index (χ0n) is 11.1. The molecule has 0 unspecified atom stereocenters. The van der Waals surface area contributed by atoms with E-state index in [2.05, 4.69) is 20.7 Å². The number of nitriles is 1. The largest absolute Gasteiger partial charge is 0.282 e. The number of nitrogens with one attached hydrogen (secondary N) is 1. The van der Waals surface area contributed by atoms with Crippen LogP contribution in [0.5, 0.6) is 0 Å². The van der Waals surface area contributed by atoms with Gasteiger partial charge in [0, 0.05) is 4.47 Å². The van der Waals surface area contributed by atoms with Gasteiger partial charge in [0.15, 0.2) is 0 Å². The third-order valence-electron chi connectivity index (χ3n) is 3.54. The molecule has 20 heavy (non-hydrogen) atoms. The van der Waals surface area contributed by atoms with Crippen molar-refractivity contribution in [2.45, 2.75) is 32.1 Å². The highest BCUT2D eigenvalue weighted by Crippen LogP contribution is 2.28. The molecule has 0 radical (unpaired) electrons. The summed E-state index contributed by atoms with van der Waals surface area (Å²) in [6.45, 7) is 0. The van der Waals surface area contributed by atoms with Gasteiger partial charge in [-0.15, -0.1) is 0 Å². The van der Waals surface area contributed by atoms with Crippen LogP contribution < -0.4 is 4.72 Å². The second kappa shape index (κ2) is 6.59. The maximum Gasteiger partial charge on any atom is 0.233 e. The predicted molar refractivity (Wildman–Crippen MR) is 82.8 cm³/mol. The summed E-state index contributed by atoms with van der Waals surface area (Å²) in [5.41, 5.74) is 0.979. The van der Waals surface area contributed by atoms with Gasteiger partial charge in [0.05, 0.1) is 23.1 Å². The standard InChI is InChI=1S/C14H17BrN2O2S/c15-13-8-12(9-16)6-7-14(13)17-20(18,19)10-11-4-2-1-3-5-11/h6-8,11,17H,1-5,10H2. The lowest BCUT2D eigenvalue weighted by Gasteiger charge is -2.21. The van der Waals surface area contributed by atoms with Gasteiger partial charge in [-0.3, -0.25) is 4.72 Å².